The third kappa shape index (κ3) is 6.78. The van der Waals surface area contributed by atoms with E-state index in [4.69, 9.17) is 21.3 Å². The second kappa shape index (κ2) is 11.8. The Hall–Kier alpha value is -3.41. The molecule has 3 aromatic heterocycles. The van der Waals surface area contributed by atoms with Crippen LogP contribution in [0.15, 0.2) is 42.9 Å². The molecule has 1 saturated heterocycles. The molecule has 2 N–H and O–H groups in total. The third-order valence-corrected chi connectivity index (χ3v) is 6.77. The summed E-state index contributed by atoms with van der Waals surface area (Å²) in [5.74, 6) is -1.51. The molecule has 0 bridgehead atoms. The highest BCUT2D eigenvalue weighted by Gasteiger charge is 2.24. The predicted octanol–water partition coefficient (Wildman–Crippen LogP) is 4.25. The molecule has 5 rings (SSSR count). The van der Waals surface area contributed by atoms with Crippen LogP contribution in [0.4, 0.5) is 14.6 Å². The first-order chi connectivity index (χ1) is 18.8. The van der Waals surface area contributed by atoms with Gasteiger partial charge in [-0.1, -0.05) is 11.6 Å². The minimum absolute atomic E-state index is 0.225. The first kappa shape index (κ1) is 27.2. The number of hydrogen-bond acceptors (Lipinski definition) is 8. The number of halogens is 3. The summed E-state index contributed by atoms with van der Waals surface area (Å²) in [6.07, 6.45) is 3.08. The Morgan fingerprint density at radius 3 is 2.69 bits per heavy atom. The number of benzene rings is 1. The normalized spacial score (nSPS) is 14.6. The molecule has 0 saturated carbocycles. The van der Waals surface area contributed by atoms with Crippen LogP contribution in [0, 0.1) is 6.92 Å². The molecule has 0 amide bonds. The highest BCUT2D eigenvalue weighted by atomic mass is 35.5. The van der Waals surface area contributed by atoms with Crippen LogP contribution in [-0.4, -0.2) is 81.2 Å². The summed E-state index contributed by atoms with van der Waals surface area (Å²) in [5, 5.41) is 6.51. The number of anilines is 1. The molecular formula is C27H31ClF2N8O. The zero-order valence-corrected chi connectivity index (χ0v) is 22.7. The van der Waals surface area contributed by atoms with E-state index in [0.29, 0.717) is 46.5 Å². The van der Waals surface area contributed by atoms with Crippen molar-refractivity contribution in [1.29, 1.82) is 0 Å². The van der Waals surface area contributed by atoms with Crippen molar-refractivity contribution >= 4 is 28.6 Å². The number of aryl methyl sites for hydroxylation is 1. The smallest absolute Gasteiger partial charge is 0.262 e. The van der Waals surface area contributed by atoms with Gasteiger partial charge in [0, 0.05) is 51.4 Å². The van der Waals surface area contributed by atoms with E-state index in [-0.39, 0.29) is 5.82 Å². The van der Waals surface area contributed by atoms with Gasteiger partial charge < -0.3 is 19.9 Å². The molecule has 206 valence electrons. The fourth-order valence-electron chi connectivity index (χ4n) is 4.50. The van der Waals surface area contributed by atoms with E-state index in [1.807, 2.05) is 35.8 Å². The summed E-state index contributed by atoms with van der Waals surface area (Å²) in [5.41, 5.74) is 3.37. The summed E-state index contributed by atoms with van der Waals surface area (Å²) in [7, 11) is 0. The second-order valence-electron chi connectivity index (χ2n) is 9.75. The molecule has 0 aliphatic carbocycles. The van der Waals surface area contributed by atoms with Gasteiger partial charge in [-0.05, 0) is 42.8 Å². The van der Waals surface area contributed by atoms with E-state index >= 15 is 0 Å². The maximum Gasteiger partial charge on any atom is 0.262 e. The number of nitrogens with zero attached hydrogens (tertiary/aromatic N) is 6. The Kier molecular flexibility index (Phi) is 8.20. The Morgan fingerprint density at radius 1 is 1.13 bits per heavy atom. The van der Waals surface area contributed by atoms with Crippen LogP contribution >= 0.6 is 11.6 Å². The number of pyridine rings is 1. The van der Waals surface area contributed by atoms with E-state index in [1.165, 1.54) is 6.33 Å². The van der Waals surface area contributed by atoms with Gasteiger partial charge >= 0.3 is 0 Å². The number of nitrogens with one attached hydrogen (secondary N) is 2. The molecule has 1 aromatic carbocycles. The minimum atomic E-state index is -2.92. The van der Waals surface area contributed by atoms with Gasteiger partial charge in [0.15, 0.2) is 17.0 Å². The first-order valence-corrected chi connectivity index (χ1v) is 13.2. The molecule has 9 nitrogen and oxygen atoms in total. The van der Waals surface area contributed by atoms with E-state index in [0.717, 1.165) is 50.9 Å². The van der Waals surface area contributed by atoms with Crippen molar-refractivity contribution in [3.63, 3.8) is 0 Å². The molecule has 12 heteroatoms. The van der Waals surface area contributed by atoms with Gasteiger partial charge in [0.1, 0.15) is 24.5 Å². The maximum atomic E-state index is 13.6. The van der Waals surface area contributed by atoms with Gasteiger partial charge in [-0.25, -0.2) is 23.7 Å². The highest BCUT2D eigenvalue weighted by molar-refractivity contribution is 6.33. The summed E-state index contributed by atoms with van der Waals surface area (Å²) >= 11 is 6.76. The Balaban J connectivity index is 1.46. The largest absolute Gasteiger partial charge is 0.492 e. The monoisotopic (exact) mass is 556 g/mol. The Bertz CT molecular complexity index is 1440. The number of hydrogen-bond donors (Lipinski definition) is 2. The van der Waals surface area contributed by atoms with Gasteiger partial charge in [0.2, 0.25) is 0 Å². The minimum Gasteiger partial charge on any atom is -0.492 e. The van der Waals surface area contributed by atoms with E-state index in [2.05, 4.69) is 30.5 Å². The molecule has 4 heterocycles. The SMILES string of the molecule is Cc1ccnc(Cn2c(-c3ccc(OCCN4CCNCC4)cc3Cl)nc3c(NCC(C)(F)F)ncnc32)c1. The van der Waals surface area contributed by atoms with Crippen LogP contribution in [-0.2, 0) is 6.54 Å². The number of alkyl halides is 2. The Labute approximate surface area is 230 Å². The molecule has 1 aliphatic rings. The fourth-order valence-corrected chi connectivity index (χ4v) is 4.76. The van der Waals surface area contributed by atoms with Crippen LogP contribution in [0.25, 0.3) is 22.6 Å². The van der Waals surface area contributed by atoms with Crippen LogP contribution in [0.1, 0.15) is 18.2 Å². The number of rotatable bonds is 10. The quantitative estimate of drug-likeness (QED) is 0.299. The fraction of sp³-hybridized carbons (Fsp3) is 0.407. The summed E-state index contributed by atoms with van der Waals surface area (Å²) in [6, 6.07) is 9.38. The average molecular weight is 557 g/mol. The first-order valence-electron chi connectivity index (χ1n) is 12.9. The van der Waals surface area contributed by atoms with Crippen molar-refractivity contribution in [2.45, 2.75) is 26.3 Å². The van der Waals surface area contributed by atoms with E-state index in [9.17, 15) is 8.78 Å². The van der Waals surface area contributed by atoms with Crippen molar-refractivity contribution in [2.24, 2.45) is 0 Å². The highest BCUT2D eigenvalue weighted by Crippen LogP contribution is 2.34. The zero-order valence-electron chi connectivity index (χ0n) is 21.9. The topological polar surface area (TPSA) is 93.0 Å². The van der Waals surface area contributed by atoms with Crippen molar-refractivity contribution in [2.75, 3.05) is 51.2 Å². The number of ether oxygens (including phenoxy) is 1. The number of piperazine rings is 1. The van der Waals surface area contributed by atoms with Crippen LogP contribution < -0.4 is 15.4 Å². The zero-order chi connectivity index (χ0) is 27.4. The second-order valence-corrected chi connectivity index (χ2v) is 10.2. The third-order valence-electron chi connectivity index (χ3n) is 6.46. The van der Waals surface area contributed by atoms with Crippen LogP contribution in [0.5, 0.6) is 5.75 Å². The summed E-state index contributed by atoms with van der Waals surface area (Å²) in [4.78, 5) is 20.2. The summed E-state index contributed by atoms with van der Waals surface area (Å²) < 4.78 is 35.0. The summed E-state index contributed by atoms with van der Waals surface area (Å²) in [6.45, 7) is 7.99. The van der Waals surface area contributed by atoms with Crippen LogP contribution in [0.2, 0.25) is 5.02 Å². The van der Waals surface area contributed by atoms with Crippen molar-refractivity contribution < 1.29 is 13.5 Å². The van der Waals surface area contributed by atoms with Gasteiger partial charge in [-0.3, -0.25) is 9.88 Å². The number of fused-ring (bicyclic) bond motifs is 1. The van der Waals surface area contributed by atoms with Gasteiger partial charge in [0.25, 0.3) is 5.92 Å². The molecule has 0 unspecified atom stereocenters. The van der Waals surface area contributed by atoms with Gasteiger partial charge in [-0.2, -0.15) is 0 Å². The molecule has 0 radical (unpaired) electrons. The lowest BCUT2D eigenvalue weighted by Gasteiger charge is -2.26. The predicted molar refractivity (Wildman–Crippen MR) is 148 cm³/mol. The molecular weight excluding hydrogens is 526 g/mol. The van der Waals surface area contributed by atoms with Crippen molar-refractivity contribution in [3.8, 4) is 17.1 Å². The van der Waals surface area contributed by atoms with Gasteiger partial charge in [0.05, 0.1) is 23.8 Å². The van der Waals surface area contributed by atoms with Crippen molar-refractivity contribution in [3.05, 3.63) is 59.1 Å². The van der Waals surface area contributed by atoms with E-state index in [1.54, 1.807) is 12.3 Å². The lowest BCUT2D eigenvalue weighted by atomic mass is 10.2. The molecule has 39 heavy (non-hydrogen) atoms. The molecule has 4 aromatic rings. The van der Waals surface area contributed by atoms with E-state index < -0.39 is 12.5 Å². The standard InChI is InChI=1S/C27H31ClF2N8O/c1-18-5-6-32-19(13-18)15-38-25(36-23-24(33-16-27(2,29)30)34-17-35-26(23)38)21-4-3-20(14-22(21)28)39-12-11-37-9-7-31-8-10-37/h3-6,13-14,17,31H,7-12,15-16H2,1-2H3,(H,33,34,35). The lowest BCUT2D eigenvalue weighted by molar-refractivity contribution is 0.0367. The lowest BCUT2D eigenvalue weighted by Crippen LogP contribution is -2.44. The van der Waals surface area contributed by atoms with Crippen molar-refractivity contribution in [1.82, 2.24) is 34.7 Å². The van der Waals surface area contributed by atoms with Crippen LogP contribution in [0.3, 0.4) is 0 Å². The number of imidazole rings is 1. The Morgan fingerprint density at radius 2 is 1.95 bits per heavy atom. The maximum absolute atomic E-state index is 13.6. The number of aromatic nitrogens is 5. The van der Waals surface area contributed by atoms with Gasteiger partial charge in [-0.15, -0.1) is 0 Å². The average Bonchev–Trinajstić information content (AvgIpc) is 3.26. The molecule has 1 aliphatic heterocycles. The molecule has 1 fully saturated rings. The molecule has 0 spiro atoms. The molecule has 0 atom stereocenters.